The van der Waals surface area contributed by atoms with Gasteiger partial charge in [0.25, 0.3) is 0 Å². The van der Waals surface area contributed by atoms with Crippen LogP contribution in [0.25, 0.3) is 0 Å². The molecule has 0 aliphatic carbocycles. The van der Waals surface area contributed by atoms with E-state index in [1.165, 1.54) is 24.8 Å². The summed E-state index contributed by atoms with van der Waals surface area (Å²) in [5.41, 5.74) is 5.89. The van der Waals surface area contributed by atoms with Crippen LogP contribution in [0.2, 0.25) is 0 Å². The molecule has 0 amide bonds. The van der Waals surface area contributed by atoms with Crippen LogP contribution in [-0.2, 0) is 0 Å². The van der Waals surface area contributed by atoms with Crippen molar-refractivity contribution in [1.82, 2.24) is 0 Å². The zero-order valence-electron chi connectivity index (χ0n) is 10.2. The first-order chi connectivity index (χ1) is 6.63. The fourth-order valence-corrected chi connectivity index (χ4v) is 1.72. The summed E-state index contributed by atoms with van der Waals surface area (Å²) in [5.74, 6) is 0.759. The summed E-state index contributed by atoms with van der Waals surface area (Å²) in [5, 5.41) is 0. The third-order valence-electron chi connectivity index (χ3n) is 2.84. The van der Waals surface area contributed by atoms with Gasteiger partial charge in [-0.1, -0.05) is 31.1 Å². The van der Waals surface area contributed by atoms with Crippen molar-refractivity contribution in [2.24, 2.45) is 5.92 Å². The van der Waals surface area contributed by atoms with Crippen molar-refractivity contribution in [3.63, 3.8) is 0 Å². The van der Waals surface area contributed by atoms with Crippen molar-refractivity contribution < 1.29 is 0 Å². The molecule has 0 aromatic rings. The van der Waals surface area contributed by atoms with Gasteiger partial charge in [-0.05, 0) is 52.0 Å². The van der Waals surface area contributed by atoms with E-state index in [9.17, 15) is 0 Å². The lowest BCUT2D eigenvalue weighted by molar-refractivity contribution is 0.511. The number of rotatable bonds is 6. The fourth-order valence-electron chi connectivity index (χ4n) is 1.72. The Bertz CT molecular complexity index is 222. The first-order valence-electron chi connectivity index (χ1n) is 5.61. The van der Waals surface area contributed by atoms with Gasteiger partial charge in [0, 0.05) is 0 Å². The van der Waals surface area contributed by atoms with Gasteiger partial charge in [0.15, 0.2) is 0 Å². The summed E-state index contributed by atoms with van der Waals surface area (Å²) in [6.07, 6.45) is 6.97. The van der Waals surface area contributed by atoms with Crippen LogP contribution in [0.1, 0.15) is 53.4 Å². The maximum atomic E-state index is 3.59. The Kier molecular flexibility index (Phi) is 7.24. The van der Waals surface area contributed by atoms with E-state index in [-0.39, 0.29) is 0 Å². The Morgan fingerprint density at radius 1 is 1.29 bits per heavy atom. The van der Waals surface area contributed by atoms with Gasteiger partial charge in [-0.15, -0.1) is 5.73 Å². The van der Waals surface area contributed by atoms with E-state index in [2.05, 4.69) is 40.0 Å². The normalized spacial score (nSPS) is 11.7. The van der Waals surface area contributed by atoms with Crippen LogP contribution in [0.4, 0.5) is 0 Å². The molecule has 0 saturated carbocycles. The molecule has 0 heteroatoms. The summed E-state index contributed by atoms with van der Waals surface area (Å²) >= 11 is 0. The highest BCUT2D eigenvalue weighted by Crippen LogP contribution is 2.24. The van der Waals surface area contributed by atoms with E-state index in [4.69, 9.17) is 0 Å². The van der Waals surface area contributed by atoms with E-state index in [1.807, 2.05) is 6.08 Å². The highest BCUT2D eigenvalue weighted by atomic mass is 14.1. The van der Waals surface area contributed by atoms with Crippen molar-refractivity contribution >= 4 is 0 Å². The van der Waals surface area contributed by atoms with Crippen LogP contribution in [-0.4, -0.2) is 0 Å². The van der Waals surface area contributed by atoms with Gasteiger partial charge in [-0.2, -0.15) is 0 Å². The number of allylic oxidation sites excluding steroid dienone is 3. The van der Waals surface area contributed by atoms with Crippen LogP contribution >= 0.6 is 0 Å². The average molecular weight is 192 g/mol. The van der Waals surface area contributed by atoms with Gasteiger partial charge in [0.05, 0.1) is 0 Å². The molecular weight excluding hydrogens is 168 g/mol. The standard InChI is InChI=1S/C14H24/c1-6-8-9-11-14(10-7-2)13(5)12(3)4/h8,14H,1,7,9-11H2,2-5H3. The molecule has 0 fully saturated rings. The Balaban J connectivity index is 4.28. The lowest BCUT2D eigenvalue weighted by atomic mass is 9.88. The van der Waals surface area contributed by atoms with E-state index in [0.717, 1.165) is 12.3 Å². The van der Waals surface area contributed by atoms with Crippen molar-refractivity contribution in [1.29, 1.82) is 0 Å². The van der Waals surface area contributed by atoms with Crippen molar-refractivity contribution in [2.75, 3.05) is 0 Å². The summed E-state index contributed by atoms with van der Waals surface area (Å²) in [6, 6.07) is 0. The van der Waals surface area contributed by atoms with Crippen LogP contribution < -0.4 is 0 Å². The van der Waals surface area contributed by atoms with Gasteiger partial charge >= 0.3 is 0 Å². The molecule has 80 valence electrons. The average Bonchev–Trinajstić information content (AvgIpc) is 2.15. The maximum Gasteiger partial charge on any atom is -0.0200 e. The molecule has 1 unspecified atom stereocenters. The van der Waals surface area contributed by atoms with Gasteiger partial charge in [-0.25, -0.2) is 0 Å². The smallest absolute Gasteiger partial charge is 0.0200 e. The third-order valence-corrected chi connectivity index (χ3v) is 2.84. The summed E-state index contributed by atoms with van der Waals surface area (Å²) in [6.45, 7) is 12.5. The second kappa shape index (κ2) is 7.64. The predicted octanol–water partition coefficient (Wildman–Crippen LogP) is 4.88. The molecule has 14 heavy (non-hydrogen) atoms. The van der Waals surface area contributed by atoms with E-state index in [0.29, 0.717) is 0 Å². The third kappa shape index (κ3) is 5.09. The Labute approximate surface area is 89.4 Å². The molecule has 0 spiro atoms. The first-order valence-corrected chi connectivity index (χ1v) is 5.61. The molecule has 0 bridgehead atoms. The molecule has 0 rings (SSSR count). The molecule has 1 atom stereocenters. The van der Waals surface area contributed by atoms with E-state index >= 15 is 0 Å². The Morgan fingerprint density at radius 2 is 1.93 bits per heavy atom. The SMILES string of the molecule is C=C=CCCC(CCC)C(C)=C(C)C. The summed E-state index contributed by atoms with van der Waals surface area (Å²) < 4.78 is 0. The van der Waals surface area contributed by atoms with E-state index in [1.54, 1.807) is 5.57 Å². The topological polar surface area (TPSA) is 0 Å². The molecule has 0 aromatic heterocycles. The van der Waals surface area contributed by atoms with Crippen LogP contribution in [0.3, 0.4) is 0 Å². The molecule has 0 aromatic carbocycles. The zero-order chi connectivity index (χ0) is 11.0. The molecule has 0 N–H and O–H groups in total. The van der Waals surface area contributed by atoms with Gasteiger partial charge in [0.1, 0.15) is 0 Å². The fraction of sp³-hybridized carbons (Fsp3) is 0.643. The summed E-state index contributed by atoms with van der Waals surface area (Å²) in [7, 11) is 0. The Hall–Kier alpha value is -0.740. The number of hydrogen-bond acceptors (Lipinski definition) is 0. The number of hydrogen-bond donors (Lipinski definition) is 0. The highest BCUT2D eigenvalue weighted by molar-refractivity contribution is 5.10. The minimum Gasteiger partial charge on any atom is -0.133 e. The van der Waals surface area contributed by atoms with Crippen LogP contribution in [0.5, 0.6) is 0 Å². The minimum absolute atomic E-state index is 0.759. The maximum absolute atomic E-state index is 3.59. The molecule has 0 aliphatic heterocycles. The lowest BCUT2D eigenvalue weighted by Crippen LogP contribution is -2.02. The van der Waals surface area contributed by atoms with Crippen LogP contribution in [0.15, 0.2) is 29.5 Å². The zero-order valence-corrected chi connectivity index (χ0v) is 10.2. The lowest BCUT2D eigenvalue weighted by Gasteiger charge is -2.17. The second-order valence-corrected chi connectivity index (χ2v) is 4.15. The second-order valence-electron chi connectivity index (χ2n) is 4.15. The molecule has 0 heterocycles. The molecule has 0 nitrogen and oxygen atoms in total. The van der Waals surface area contributed by atoms with Crippen molar-refractivity contribution in [3.05, 3.63) is 29.5 Å². The van der Waals surface area contributed by atoms with Crippen LogP contribution in [0, 0.1) is 5.92 Å². The quantitative estimate of drug-likeness (QED) is 0.415. The highest BCUT2D eigenvalue weighted by Gasteiger charge is 2.09. The van der Waals surface area contributed by atoms with Crippen molar-refractivity contribution in [2.45, 2.75) is 53.4 Å². The molecule has 0 saturated heterocycles. The largest absolute Gasteiger partial charge is 0.133 e. The van der Waals surface area contributed by atoms with Gasteiger partial charge < -0.3 is 0 Å². The van der Waals surface area contributed by atoms with Gasteiger partial charge in [-0.3, -0.25) is 0 Å². The predicted molar refractivity (Wildman–Crippen MR) is 65.4 cm³/mol. The first kappa shape index (κ1) is 13.3. The minimum atomic E-state index is 0.759. The van der Waals surface area contributed by atoms with E-state index < -0.39 is 0 Å². The molecule has 0 radical (unpaired) electrons. The summed E-state index contributed by atoms with van der Waals surface area (Å²) in [4.78, 5) is 0. The monoisotopic (exact) mass is 192 g/mol. The molecule has 0 aliphatic rings. The van der Waals surface area contributed by atoms with Gasteiger partial charge in [0.2, 0.25) is 0 Å². The Morgan fingerprint density at radius 3 is 2.36 bits per heavy atom. The van der Waals surface area contributed by atoms with Crippen molar-refractivity contribution in [3.8, 4) is 0 Å². The molecular formula is C14H24.